The van der Waals surface area contributed by atoms with Gasteiger partial charge in [0.05, 0.1) is 16.6 Å². The van der Waals surface area contributed by atoms with E-state index in [1.807, 2.05) is 43.3 Å². The number of rotatable bonds is 2. The molecule has 1 N–H and O–H groups in total. The number of piperazine rings is 1. The molecule has 1 saturated heterocycles. The first-order valence-electron chi connectivity index (χ1n) is 8.67. The molecule has 5 nitrogen and oxygen atoms in total. The number of halogens is 2. The number of fused-ring (bicyclic) bond motifs is 1. The molecule has 1 aliphatic rings. The Labute approximate surface area is 167 Å². The zero-order valence-corrected chi connectivity index (χ0v) is 16.2. The molecule has 0 aliphatic carbocycles. The molecule has 3 aromatic rings. The number of benzene rings is 2. The van der Waals surface area contributed by atoms with E-state index in [-0.39, 0.29) is 6.04 Å². The van der Waals surface area contributed by atoms with Crippen LogP contribution in [0.4, 0.5) is 5.82 Å². The molecule has 4 rings (SSSR count). The summed E-state index contributed by atoms with van der Waals surface area (Å²) in [5, 5.41) is 14.7. The van der Waals surface area contributed by atoms with Gasteiger partial charge < -0.3 is 4.90 Å². The van der Waals surface area contributed by atoms with Gasteiger partial charge in [-0.25, -0.2) is 9.97 Å². The second kappa shape index (κ2) is 7.32. The third kappa shape index (κ3) is 3.57. The molecule has 1 unspecified atom stereocenters. The van der Waals surface area contributed by atoms with Gasteiger partial charge in [-0.1, -0.05) is 35.3 Å². The fourth-order valence-electron chi connectivity index (χ4n) is 3.37. The predicted octanol–water partition coefficient (Wildman–Crippen LogP) is 4.21. The first-order chi connectivity index (χ1) is 13.0. The lowest BCUT2D eigenvalue weighted by atomic mass is 10.0. The Bertz CT molecular complexity index is 1040. The van der Waals surface area contributed by atoms with Crippen molar-refractivity contribution in [2.45, 2.75) is 13.0 Å². The van der Waals surface area contributed by atoms with Gasteiger partial charge >= 0.3 is 0 Å². The minimum Gasteiger partial charge on any atom is -0.352 e. The van der Waals surface area contributed by atoms with Crippen molar-refractivity contribution < 1.29 is 0 Å². The topological polar surface area (TPSA) is 64.8 Å². The largest absolute Gasteiger partial charge is 0.352 e. The van der Waals surface area contributed by atoms with Crippen LogP contribution in [0.2, 0.25) is 10.0 Å². The van der Waals surface area contributed by atoms with Crippen LogP contribution in [0.25, 0.3) is 22.0 Å². The van der Waals surface area contributed by atoms with Crippen LogP contribution in [0, 0.1) is 18.3 Å². The van der Waals surface area contributed by atoms with E-state index < -0.39 is 0 Å². The zero-order chi connectivity index (χ0) is 19.0. The van der Waals surface area contributed by atoms with Crippen molar-refractivity contribution >= 4 is 39.9 Å². The molecule has 0 saturated carbocycles. The average molecular weight is 398 g/mol. The van der Waals surface area contributed by atoms with E-state index in [9.17, 15) is 5.26 Å². The molecule has 2 aromatic carbocycles. The molecule has 0 amide bonds. The number of aryl methyl sites for hydroxylation is 1. The standard InChI is InChI=1S/C20H17Cl2N5/c1-12-25-19-9-18(22)16(13-2-4-14(21)5-3-13)8-17(19)20(26-12)27-7-6-24-15(10-23)11-27/h2-5,8-9,15,24H,6-7,11H2,1H3. The van der Waals surface area contributed by atoms with Crippen molar-refractivity contribution in [2.24, 2.45) is 0 Å². The number of nitrogens with zero attached hydrogens (tertiary/aromatic N) is 4. The molecule has 0 radical (unpaired) electrons. The summed E-state index contributed by atoms with van der Waals surface area (Å²) in [7, 11) is 0. The highest BCUT2D eigenvalue weighted by molar-refractivity contribution is 6.34. The molecule has 1 atom stereocenters. The fraction of sp³-hybridized carbons (Fsp3) is 0.250. The first-order valence-corrected chi connectivity index (χ1v) is 9.42. The Hall–Kier alpha value is -2.39. The van der Waals surface area contributed by atoms with E-state index in [2.05, 4.69) is 26.3 Å². The third-order valence-corrected chi connectivity index (χ3v) is 5.23. The summed E-state index contributed by atoms with van der Waals surface area (Å²) >= 11 is 12.6. The second-order valence-corrected chi connectivity index (χ2v) is 7.38. The SMILES string of the molecule is Cc1nc(N2CCNC(C#N)C2)c2cc(-c3ccc(Cl)cc3)c(Cl)cc2n1. The minimum atomic E-state index is -0.216. The number of nitrogens with one attached hydrogen (secondary N) is 1. The van der Waals surface area contributed by atoms with Gasteiger partial charge in [0.1, 0.15) is 17.7 Å². The van der Waals surface area contributed by atoms with Gasteiger partial charge in [0, 0.05) is 35.6 Å². The van der Waals surface area contributed by atoms with Gasteiger partial charge in [-0.2, -0.15) is 5.26 Å². The van der Waals surface area contributed by atoms with Crippen molar-refractivity contribution in [2.75, 3.05) is 24.5 Å². The maximum atomic E-state index is 9.27. The predicted molar refractivity (Wildman–Crippen MR) is 109 cm³/mol. The van der Waals surface area contributed by atoms with Crippen LogP contribution in [-0.4, -0.2) is 35.6 Å². The monoisotopic (exact) mass is 397 g/mol. The average Bonchev–Trinajstić information content (AvgIpc) is 2.67. The van der Waals surface area contributed by atoms with Crippen molar-refractivity contribution in [3.8, 4) is 17.2 Å². The third-order valence-electron chi connectivity index (χ3n) is 4.66. The summed E-state index contributed by atoms with van der Waals surface area (Å²) in [5.74, 6) is 1.52. The summed E-state index contributed by atoms with van der Waals surface area (Å²) < 4.78 is 0. The van der Waals surface area contributed by atoms with Crippen LogP contribution in [0.15, 0.2) is 36.4 Å². The number of hydrogen-bond donors (Lipinski definition) is 1. The lowest BCUT2D eigenvalue weighted by molar-refractivity contribution is 0.522. The smallest absolute Gasteiger partial charge is 0.140 e. The van der Waals surface area contributed by atoms with Gasteiger partial charge in [0.2, 0.25) is 0 Å². The van der Waals surface area contributed by atoms with E-state index in [0.717, 1.165) is 40.9 Å². The molecule has 136 valence electrons. The second-order valence-electron chi connectivity index (χ2n) is 6.53. The highest BCUT2D eigenvalue weighted by Gasteiger charge is 2.23. The fourth-order valence-corrected chi connectivity index (χ4v) is 3.76. The van der Waals surface area contributed by atoms with Crippen LogP contribution in [0.1, 0.15) is 5.82 Å². The van der Waals surface area contributed by atoms with Crippen molar-refractivity contribution in [1.29, 1.82) is 5.26 Å². The van der Waals surface area contributed by atoms with Gasteiger partial charge in [0.25, 0.3) is 0 Å². The minimum absolute atomic E-state index is 0.216. The molecular weight excluding hydrogens is 381 g/mol. The maximum absolute atomic E-state index is 9.27. The van der Waals surface area contributed by atoms with Crippen LogP contribution >= 0.6 is 23.2 Å². The van der Waals surface area contributed by atoms with Crippen molar-refractivity contribution in [3.05, 3.63) is 52.3 Å². The molecule has 27 heavy (non-hydrogen) atoms. The number of nitriles is 1. The molecule has 0 bridgehead atoms. The van der Waals surface area contributed by atoms with Crippen LogP contribution in [0.3, 0.4) is 0 Å². The van der Waals surface area contributed by atoms with E-state index in [1.54, 1.807) is 0 Å². The van der Waals surface area contributed by atoms with Crippen molar-refractivity contribution in [3.63, 3.8) is 0 Å². The van der Waals surface area contributed by atoms with E-state index >= 15 is 0 Å². The summed E-state index contributed by atoms with van der Waals surface area (Å²) in [6, 6.07) is 13.6. The Morgan fingerprint density at radius 3 is 2.70 bits per heavy atom. The molecule has 1 aliphatic heterocycles. The van der Waals surface area contributed by atoms with E-state index in [1.165, 1.54) is 0 Å². The summed E-state index contributed by atoms with van der Waals surface area (Å²) in [6.07, 6.45) is 0. The Kier molecular flexibility index (Phi) is 4.88. The highest BCUT2D eigenvalue weighted by Crippen LogP contribution is 2.35. The van der Waals surface area contributed by atoms with Crippen LogP contribution < -0.4 is 10.2 Å². The van der Waals surface area contributed by atoms with Gasteiger partial charge in [0.15, 0.2) is 0 Å². The van der Waals surface area contributed by atoms with E-state index in [4.69, 9.17) is 23.2 Å². The molecule has 2 heterocycles. The summed E-state index contributed by atoms with van der Waals surface area (Å²) in [4.78, 5) is 11.4. The zero-order valence-electron chi connectivity index (χ0n) is 14.7. The molecule has 1 fully saturated rings. The molecule has 1 aromatic heterocycles. The van der Waals surface area contributed by atoms with Crippen LogP contribution in [-0.2, 0) is 0 Å². The normalized spacial score (nSPS) is 17.1. The lowest BCUT2D eigenvalue weighted by Crippen LogP contribution is -2.50. The quantitative estimate of drug-likeness (QED) is 0.701. The Balaban J connectivity index is 1.87. The van der Waals surface area contributed by atoms with Crippen LogP contribution in [0.5, 0.6) is 0 Å². The lowest BCUT2D eigenvalue weighted by Gasteiger charge is -2.32. The van der Waals surface area contributed by atoms with Crippen molar-refractivity contribution in [1.82, 2.24) is 15.3 Å². The summed E-state index contributed by atoms with van der Waals surface area (Å²) in [6.45, 7) is 3.97. The Morgan fingerprint density at radius 2 is 1.96 bits per heavy atom. The van der Waals surface area contributed by atoms with Gasteiger partial charge in [-0.3, -0.25) is 5.32 Å². The maximum Gasteiger partial charge on any atom is 0.140 e. The molecular formula is C20H17Cl2N5. The number of aromatic nitrogens is 2. The van der Waals surface area contributed by atoms with E-state index in [0.29, 0.717) is 22.4 Å². The molecule has 0 spiro atoms. The number of anilines is 1. The molecule has 7 heteroatoms. The number of hydrogen-bond acceptors (Lipinski definition) is 5. The first kappa shape index (κ1) is 18.0. The highest BCUT2D eigenvalue weighted by atomic mass is 35.5. The Morgan fingerprint density at radius 1 is 1.19 bits per heavy atom. The van der Waals surface area contributed by atoms with Gasteiger partial charge in [-0.15, -0.1) is 0 Å². The summed E-state index contributed by atoms with van der Waals surface area (Å²) in [5.41, 5.74) is 2.68. The van der Waals surface area contributed by atoms with Gasteiger partial charge in [-0.05, 0) is 36.8 Å².